The molecular weight excluding hydrogens is 254 g/mol. The average Bonchev–Trinajstić information content (AvgIpc) is 2.45. The van der Waals surface area contributed by atoms with Crippen LogP contribution in [0, 0.1) is 5.41 Å². The number of hydrogen-bond acceptors (Lipinski definition) is 1. The summed E-state index contributed by atoms with van der Waals surface area (Å²) in [4.78, 5) is 0. The normalized spacial score (nSPS) is 26.9. The zero-order valence-electron chi connectivity index (χ0n) is 11.8. The molecule has 104 valence electrons. The highest BCUT2D eigenvalue weighted by Gasteiger charge is 2.46. The summed E-state index contributed by atoms with van der Waals surface area (Å²) < 4.78 is 0. The van der Waals surface area contributed by atoms with Crippen LogP contribution in [0.2, 0.25) is 5.02 Å². The van der Waals surface area contributed by atoms with Crippen LogP contribution < -0.4 is 5.32 Å². The molecule has 1 aromatic rings. The molecule has 2 unspecified atom stereocenters. The number of halogens is 1. The van der Waals surface area contributed by atoms with E-state index in [-0.39, 0.29) is 0 Å². The van der Waals surface area contributed by atoms with Crippen LogP contribution in [0.1, 0.15) is 63.5 Å². The molecule has 19 heavy (non-hydrogen) atoms. The molecule has 0 radical (unpaired) electrons. The van der Waals surface area contributed by atoms with Gasteiger partial charge in [-0.2, -0.15) is 0 Å². The molecule has 0 saturated heterocycles. The molecule has 2 saturated carbocycles. The van der Waals surface area contributed by atoms with Gasteiger partial charge in [-0.3, -0.25) is 0 Å². The van der Waals surface area contributed by atoms with Crippen LogP contribution in [0.25, 0.3) is 0 Å². The molecule has 2 aliphatic carbocycles. The molecule has 0 aliphatic heterocycles. The highest BCUT2D eigenvalue weighted by atomic mass is 35.5. The van der Waals surface area contributed by atoms with Gasteiger partial charge in [-0.1, -0.05) is 43.0 Å². The average molecular weight is 278 g/mol. The number of hydrogen-bond donors (Lipinski definition) is 1. The predicted molar refractivity (Wildman–Crippen MR) is 81.5 cm³/mol. The third-order valence-electron chi connectivity index (χ3n) is 5.34. The van der Waals surface area contributed by atoms with Crippen molar-refractivity contribution in [1.82, 2.24) is 5.32 Å². The van der Waals surface area contributed by atoms with Crippen molar-refractivity contribution in [3.05, 3.63) is 34.9 Å². The fourth-order valence-electron chi connectivity index (χ4n) is 3.96. The van der Waals surface area contributed by atoms with E-state index < -0.39 is 0 Å². The van der Waals surface area contributed by atoms with Crippen LogP contribution in [-0.2, 0) is 0 Å². The van der Waals surface area contributed by atoms with Crippen molar-refractivity contribution >= 4 is 11.6 Å². The van der Waals surface area contributed by atoms with Crippen molar-refractivity contribution in [2.75, 3.05) is 0 Å². The summed E-state index contributed by atoms with van der Waals surface area (Å²) in [6.45, 7) is 2.28. The fraction of sp³-hybridized carbons (Fsp3) is 0.647. The second-order valence-corrected chi connectivity index (χ2v) is 6.89. The summed E-state index contributed by atoms with van der Waals surface area (Å²) in [5.74, 6) is 0. The summed E-state index contributed by atoms with van der Waals surface area (Å²) in [5, 5.41) is 4.69. The largest absolute Gasteiger partial charge is 0.307 e. The molecule has 1 spiro atoms. The minimum Gasteiger partial charge on any atom is -0.307 e. The van der Waals surface area contributed by atoms with E-state index in [0.29, 0.717) is 11.5 Å². The van der Waals surface area contributed by atoms with Crippen LogP contribution in [0.4, 0.5) is 0 Å². The third-order valence-corrected chi connectivity index (χ3v) is 5.59. The lowest BCUT2D eigenvalue weighted by Gasteiger charge is -2.53. The molecule has 2 atom stereocenters. The summed E-state index contributed by atoms with van der Waals surface area (Å²) in [7, 11) is 0. The van der Waals surface area contributed by atoms with Crippen molar-refractivity contribution in [2.24, 2.45) is 5.41 Å². The summed E-state index contributed by atoms with van der Waals surface area (Å²) in [5.41, 5.74) is 1.99. The zero-order chi connectivity index (χ0) is 13.3. The fourth-order valence-corrected chi connectivity index (χ4v) is 4.09. The van der Waals surface area contributed by atoms with Gasteiger partial charge in [0.25, 0.3) is 0 Å². The minimum atomic E-state index is 0.432. The van der Waals surface area contributed by atoms with Crippen molar-refractivity contribution in [3.8, 4) is 0 Å². The Morgan fingerprint density at radius 1 is 1.11 bits per heavy atom. The topological polar surface area (TPSA) is 12.0 Å². The minimum absolute atomic E-state index is 0.432. The van der Waals surface area contributed by atoms with Crippen LogP contribution in [0.15, 0.2) is 24.3 Å². The first-order valence-corrected chi connectivity index (χ1v) is 8.09. The molecule has 3 rings (SSSR count). The van der Waals surface area contributed by atoms with Crippen molar-refractivity contribution in [3.63, 3.8) is 0 Å². The lowest BCUT2D eigenvalue weighted by molar-refractivity contribution is 0.0174. The molecular formula is C17H24ClN. The number of nitrogens with one attached hydrogen (secondary N) is 1. The van der Waals surface area contributed by atoms with Gasteiger partial charge in [0.15, 0.2) is 0 Å². The highest BCUT2D eigenvalue weighted by Crippen LogP contribution is 2.52. The maximum atomic E-state index is 5.96. The summed E-state index contributed by atoms with van der Waals surface area (Å²) in [6.07, 6.45) is 10.0. The zero-order valence-corrected chi connectivity index (χ0v) is 12.5. The Morgan fingerprint density at radius 2 is 1.79 bits per heavy atom. The smallest absolute Gasteiger partial charge is 0.0406 e. The summed E-state index contributed by atoms with van der Waals surface area (Å²) in [6, 6.07) is 9.44. The second kappa shape index (κ2) is 5.46. The standard InChI is InChI=1S/C17H24ClN/c1-13(14-5-7-15(18)8-6-14)19-16-9-12-17(16)10-3-2-4-11-17/h5-8,13,16,19H,2-4,9-12H2,1H3. The second-order valence-electron chi connectivity index (χ2n) is 6.45. The van der Waals surface area contributed by atoms with Gasteiger partial charge in [-0.15, -0.1) is 0 Å². The van der Waals surface area contributed by atoms with Gasteiger partial charge in [0.05, 0.1) is 0 Å². The lowest BCUT2D eigenvalue weighted by Crippen LogP contribution is -2.54. The quantitative estimate of drug-likeness (QED) is 0.810. The van der Waals surface area contributed by atoms with Gasteiger partial charge in [0.1, 0.15) is 0 Å². The SMILES string of the molecule is CC(NC1CCC12CCCCC2)c1ccc(Cl)cc1. The molecule has 0 heterocycles. The van der Waals surface area contributed by atoms with E-state index in [1.165, 1.54) is 50.5 Å². The van der Waals surface area contributed by atoms with Crippen molar-refractivity contribution in [1.29, 1.82) is 0 Å². The van der Waals surface area contributed by atoms with E-state index in [4.69, 9.17) is 11.6 Å². The maximum Gasteiger partial charge on any atom is 0.0406 e. The highest BCUT2D eigenvalue weighted by molar-refractivity contribution is 6.30. The van der Waals surface area contributed by atoms with Gasteiger partial charge < -0.3 is 5.32 Å². The van der Waals surface area contributed by atoms with Gasteiger partial charge in [0.2, 0.25) is 0 Å². The van der Waals surface area contributed by atoms with Gasteiger partial charge >= 0.3 is 0 Å². The maximum absolute atomic E-state index is 5.96. The van der Waals surface area contributed by atoms with Crippen LogP contribution in [0.3, 0.4) is 0 Å². The van der Waals surface area contributed by atoms with E-state index >= 15 is 0 Å². The van der Waals surface area contributed by atoms with E-state index in [0.717, 1.165) is 11.1 Å². The Bertz CT molecular complexity index is 419. The third kappa shape index (κ3) is 2.68. The molecule has 1 nitrogen and oxygen atoms in total. The number of rotatable bonds is 3. The Balaban J connectivity index is 1.63. The molecule has 1 N–H and O–H groups in total. The molecule has 2 heteroatoms. The Hall–Kier alpha value is -0.530. The summed E-state index contributed by atoms with van der Waals surface area (Å²) >= 11 is 5.96. The number of benzene rings is 1. The van der Waals surface area contributed by atoms with Crippen LogP contribution in [-0.4, -0.2) is 6.04 Å². The molecule has 2 fully saturated rings. The van der Waals surface area contributed by atoms with E-state index in [2.05, 4.69) is 24.4 Å². The Labute approximate surface area is 121 Å². The van der Waals surface area contributed by atoms with E-state index in [1.54, 1.807) is 0 Å². The Kier molecular flexibility index (Phi) is 3.86. The van der Waals surface area contributed by atoms with Crippen LogP contribution in [0.5, 0.6) is 0 Å². The molecule has 0 bridgehead atoms. The van der Waals surface area contributed by atoms with Gasteiger partial charge in [0, 0.05) is 17.1 Å². The first kappa shape index (κ1) is 13.5. The van der Waals surface area contributed by atoms with Crippen LogP contribution >= 0.6 is 11.6 Å². The predicted octanol–water partition coefficient (Wildman–Crippen LogP) is 5.10. The first-order chi connectivity index (χ1) is 9.20. The van der Waals surface area contributed by atoms with Crippen molar-refractivity contribution < 1.29 is 0 Å². The molecule has 0 aromatic heterocycles. The van der Waals surface area contributed by atoms with Crippen molar-refractivity contribution in [2.45, 2.75) is 64.0 Å². The molecule has 2 aliphatic rings. The van der Waals surface area contributed by atoms with Gasteiger partial charge in [-0.05, 0) is 55.7 Å². The van der Waals surface area contributed by atoms with E-state index in [9.17, 15) is 0 Å². The first-order valence-electron chi connectivity index (χ1n) is 7.71. The lowest BCUT2D eigenvalue weighted by atomic mass is 9.57. The van der Waals surface area contributed by atoms with E-state index in [1.807, 2.05) is 12.1 Å². The Morgan fingerprint density at radius 3 is 2.37 bits per heavy atom. The molecule has 0 amide bonds. The molecule has 1 aromatic carbocycles. The van der Waals surface area contributed by atoms with Gasteiger partial charge in [-0.25, -0.2) is 0 Å². The monoisotopic (exact) mass is 277 g/mol.